The number of fused-ring (bicyclic) bond motifs is 1. The Labute approximate surface area is 181 Å². The maximum atomic E-state index is 13.3. The third-order valence-corrected chi connectivity index (χ3v) is 8.67. The summed E-state index contributed by atoms with van der Waals surface area (Å²) in [5.74, 6) is -1.20. The zero-order valence-electron chi connectivity index (χ0n) is 17.4. The predicted molar refractivity (Wildman–Crippen MR) is 118 cm³/mol. The largest absolute Gasteiger partial charge is 0.456 e. The molecule has 3 aromatic rings. The van der Waals surface area contributed by atoms with E-state index in [0.717, 1.165) is 22.9 Å². The molecule has 1 aromatic heterocycles. The van der Waals surface area contributed by atoms with Crippen molar-refractivity contribution in [1.29, 1.82) is 0 Å². The van der Waals surface area contributed by atoms with Gasteiger partial charge in [0.05, 0.1) is 4.90 Å². The molecule has 0 amide bonds. The van der Waals surface area contributed by atoms with Crippen molar-refractivity contribution < 1.29 is 22.7 Å². The summed E-state index contributed by atoms with van der Waals surface area (Å²) in [5.41, 5.74) is 2.41. The number of hydrogen-bond acceptors (Lipinski definition) is 5. The number of benzene rings is 2. The summed E-state index contributed by atoms with van der Waals surface area (Å²) in [7, 11) is -3.94. The summed E-state index contributed by atoms with van der Waals surface area (Å²) < 4.78 is 30.4. The van der Waals surface area contributed by atoms with Crippen LogP contribution in [0.3, 0.4) is 0 Å². The van der Waals surface area contributed by atoms with Crippen LogP contribution in [0.2, 0.25) is 0 Å². The molecule has 0 atom stereocenters. The van der Waals surface area contributed by atoms with Gasteiger partial charge in [-0.25, -0.2) is 8.42 Å². The number of hydrogen-bond donors (Lipinski definition) is 1. The quantitative estimate of drug-likeness (QED) is 0.439. The zero-order chi connectivity index (χ0) is 22.1. The fourth-order valence-corrected chi connectivity index (χ4v) is 6.51. The highest BCUT2D eigenvalue weighted by Crippen LogP contribution is 2.41. The van der Waals surface area contributed by atoms with Gasteiger partial charge in [-0.2, -0.15) is 0 Å². The van der Waals surface area contributed by atoms with Crippen LogP contribution in [0.15, 0.2) is 59.6 Å². The summed E-state index contributed by atoms with van der Waals surface area (Å²) in [5, 5.41) is 0.771. The van der Waals surface area contributed by atoms with Crippen LogP contribution in [0.4, 0.5) is 0 Å². The molecule has 0 saturated heterocycles. The predicted octanol–water partition coefficient (Wildman–Crippen LogP) is 4.24. The van der Waals surface area contributed by atoms with Gasteiger partial charge in [-0.15, -0.1) is 0 Å². The Hall–Kier alpha value is -2.93. The first-order valence-electron chi connectivity index (χ1n) is 10.5. The number of ether oxygens (including phenoxy) is 1. The van der Waals surface area contributed by atoms with Crippen molar-refractivity contribution in [3.63, 3.8) is 0 Å². The van der Waals surface area contributed by atoms with Crippen LogP contribution in [0, 0.1) is 0 Å². The Morgan fingerprint density at radius 2 is 1.74 bits per heavy atom. The van der Waals surface area contributed by atoms with E-state index >= 15 is 0 Å². The van der Waals surface area contributed by atoms with Gasteiger partial charge in [0.1, 0.15) is 0 Å². The van der Waals surface area contributed by atoms with Gasteiger partial charge < -0.3 is 9.72 Å². The monoisotopic (exact) mass is 439 g/mol. The van der Waals surface area contributed by atoms with Crippen molar-refractivity contribution >= 4 is 32.5 Å². The van der Waals surface area contributed by atoms with Crippen molar-refractivity contribution in [2.75, 3.05) is 6.61 Å². The topological polar surface area (TPSA) is 93.3 Å². The standard InChI is InChI=1S/C24H25NO5S/c1-2-17-9-8-12-19-20(15-25-22(17)19)21(26)16-30-23(27)24(13-6-7-14-24)31(28,29)18-10-4-3-5-11-18/h3-5,8-12,15,25H,2,6-7,13-14,16H2,1H3. The number of aromatic amines is 1. The van der Waals surface area contributed by atoms with Crippen LogP contribution in [0.25, 0.3) is 10.9 Å². The lowest BCUT2D eigenvalue weighted by Crippen LogP contribution is -2.45. The SMILES string of the molecule is CCc1cccc2c(C(=O)COC(=O)C3(S(=O)(=O)c4ccccc4)CCCC3)c[nH]c12. The van der Waals surface area contributed by atoms with Gasteiger partial charge in [0.2, 0.25) is 5.78 Å². The van der Waals surface area contributed by atoms with E-state index in [1.807, 2.05) is 25.1 Å². The number of Topliss-reactive ketones (excluding diaryl/α,β-unsaturated/α-hetero) is 1. The first-order valence-corrected chi connectivity index (χ1v) is 12.0. The van der Waals surface area contributed by atoms with E-state index in [-0.39, 0.29) is 23.5 Å². The minimum atomic E-state index is -3.94. The average Bonchev–Trinajstić information content (AvgIpc) is 3.46. The van der Waals surface area contributed by atoms with Gasteiger partial charge >= 0.3 is 5.97 Å². The number of carbonyl (C=O) groups excluding carboxylic acids is 2. The summed E-state index contributed by atoms with van der Waals surface area (Å²) >= 11 is 0. The molecule has 6 nitrogen and oxygen atoms in total. The molecule has 0 bridgehead atoms. The van der Waals surface area contributed by atoms with E-state index in [0.29, 0.717) is 18.4 Å². The van der Waals surface area contributed by atoms with Crippen molar-refractivity contribution in [3.8, 4) is 0 Å². The van der Waals surface area contributed by atoms with E-state index in [1.54, 1.807) is 24.4 Å². The first kappa shape index (κ1) is 21.3. The molecule has 0 aliphatic heterocycles. The number of rotatable bonds is 7. The lowest BCUT2D eigenvalue weighted by molar-refractivity contribution is -0.145. The van der Waals surface area contributed by atoms with Gasteiger partial charge in [-0.3, -0.25) is 9.59 Å². The van der Waals surface area contributed by atoms with Crippen LogP contribution >= 0.6 is 0 Å². The molecule has 1 aliphatic carbocycles. The number of sulfone groups is 1. The van der Waals surface area contributed by atoms with Crippen LogP contribution in [-0.4, -0.2) is 36.5 Å². The van der Waals surface area contributed by atoms with E-state index < -0.39 is 27.2 Å². The number of esters is 1. The smallest absolute Gasteiger partial charge is 0.328 e. The second-order valence-corrected chi connectivity index (χ2v) is 10.2. The molecule has 1 fully saturated rings. The Kier molecular flexibility index (Phi) is 5.71. The summed E-state index contributed by atoms with van der Waals surface area (Å²) in [6.07, 6.45) is 4.08. The number of H-pyrrole nitrogens is 1. The second kappa shape index (κ2) is 8.30. The van der Waals surface area contributed by atoms with Crippen LogP contribution in [0.1, 0.15) is 48.5 Å². The van der Waals surface area contributed by atoms with Crippen LogP contribution < -0.4 is 0 Å². The number of nitrogens with one attached hydrogen (secondary N) is 1. The maximum Gasteiger partial charge on any atom is 0.328 e. The third kappa shape index (κ3) is 3.57. The fourth-order valence-electron chi connectivity index (χ4n) is 4.44. The minimum Gasteiger partial charge on any atom is -0.456 e. The molecule has 7 heteroatoms. The highest BCUT2D eigenvalue weighted by atomic mass is 32.2. The van der Waals surface area contributed by atoms with Crippen LogP contribution in [0.5, 0.6) is 0 Å². The molecular formula is C24H25NO5S. The summed E-state index contributed by atoms with van der Waals surface area (Å²) in [6.45, 7) is 1.54. The third-order valence-electron chi connectivity index (χ3n) is 6.17. The van der Waals surface area contributed by atoms with E-state index in [1.165, 1.54) is 12.1 Å². The molecule has 0 unspecified atom stereocenters. The Morgan fingerprint density at radius 1 is 1.03 bits per heavy atom. The van der Waals surface area contributed by atoms with Crippen molar-refractivity contribution in [2.45, 2.75) is 48.7 Å². The molecule has 1 heterocycles. The lowest BCUT2D eigenvalue weighted by atomic mass is 10.1. The van der Waals surface area contributed by atoms with Crippen molar-refractivity contribution in [1.82, 2.24) is 4.98 Å². The molecule has 0 spiro atoms. The van der Waals surface area contributed by atoms with Crippen molar-refractivity contribution in [2.24, 2.45) is 0 Å². The number of ketones is 1. The number of para-hydroxylation sites is 1. The van der Waals surface area contributed by atoms with Gasteiger partial charge in [-0.1, -0.05) is 56.2 Å². The van der Waals surface area contributed by atoms with Gasteiger partial charge in [0.15, 0.2) is 21.2 Å². The highest BCUT2D eigenvalue weighted by Gasteiger charge is 2.54. The first-order chi connectivity index (χ1) is 14.9. The van der Waals surface area contributed by atoms with Crippen molar-refractivity contribution in [3.05, 3.63) is 65.9 Å². The average molecular weight is 440 g/mol. The molecule has 31 heavy (non-hydrogen) atoms. The molecule has 1 saturated carbocycles. The molecular weight excluding hydrogens is 414 g/mol. The summed E-state index contributed by atoms with van der Waals surface area (Å²) in [6, 6.07) is 13.7. The number of aromatic nitrogens is 1. The second-order valence-electron chi connectivity index (χ2n) is 7.91. The van der Waals surface area contributed by atoms with E-state index in [2.05, 4.69) is 4.98 Å². The number of carbonyl (C=O) groups is 2. The molecule has 4 rings (SSSR count). The molecule has 2 aromatic carbocycles. The van der Waals surface area contributed by atoms with E-state index in [4.69, 9.17) is 4.74 Å². The molecule has 1 N–H and O–H groups in total. The molecule has 1 aliphatic rings. The maximum absolute atomic E-state index is 13.3. The Morgan fingerprint density at radius 3 is 2.42 bits per heavy atom. The minimum absolute atomic E-state index is 0.101. The lowest BCUT2D eigenvalue weighted by Gasteiger charge is -2.26. The molecule has 0 radical (unpaired) electrons. The van der Waals surface area contributed by atoms with Crippen LogP contribution in [-0.2, 0) is 25.8 Å². The molecule has 162 valence electrons. The fraction of sp³-hybridized carbons (Fsp3) is 0.333. The van der Waals surface area contributed by atoms with Gasteiger partial charge in [-0.05, 0) is 37.0 Å². The number of aryl methyl sites for hydroxylation is 1. The zero-order valence-corrected chi connectivity index (χ0v) is 18.2. The van der Waals surface area contributed by atoms with Gasteiger partial charge in [0, 0.05) is 22.7 Å². The van der Waals surface area contributed by atoms with Gasteiger partial charge in [0.25, 0.3) is 0 Å². The van der Waals surface area contributed by atoms with E-state index in [9.17, 15) is 18.0 Å². The normalized spacial score (nSPS) is 15.8. The highest BCUT2D eigenvalue weighted by molar-refractivity contribution is 7.93. The summed E-state index contributed by atoms with van der Waals surface area (Å²) in [4.78, 5) is 29.1. The Bertz CT molecular complexity index is 1220. The Balaban J connectivity index is 1.57.